The van der Waals surface area contributed by atoms with Gasteiger partial charge in [-0.15, -0.1) is 0 Å². The fourth-order valence-corrected chi connectivity index (χ4v) is 5.86. The Bertz CT molecular complexity index is 1520. The highest BCUT2D eigenvalue weighted by atomic mass is 19.4. The SMILES string of the molecule is C=C(C)/C=C(\OC)C1(C(F)(F)F)CC1.Cc1cc2cc(-c3ccc(CC(C)O)c(F)c3)cnc2cc1CCCCN1CCOCC1. The smallest absolute Gasteiger partial charge is 0.401 e. The molecule has 1 unspecified atom stereocenters. The van der Waals surface area contributed by atoms with Crippen LogP contribution in [0.5, 0.6) is 0 Å². The first-order valence-corrected chi connectivity index (χ1v) is 16.0. The summed E-state index contributed by atoms with van der Waals surface area (Å²) in [7, 11) is 1.26. The maximum atomic E-state index is 14.5. The number of fused-ring (bicyclic) bond motifs is 1. The van der Waals surface area contributed by atoms with Gasteiger partial charge in [-0.25, -0.2) is 4.39 Å². The number of aryl methyl sites for hydroxylation is 2. The molecule has 0 bridgehead atoms. The highest BCUT2D eigenvalue weighted by molar-refractivity contribution is 5.85. The zero-order valence-electron chi connectivity index (χ0n) is 27.4. The second-order valence-electron chi connectivity index (χ2n) is 12.6. The van der Waals surface area contributed by atoms with Crippen molar-refractivity contribution in [2.75, 3.05) is 40.0 Å². The lowest BCUT2D eigenvalue weighted by Gasteiger charge is -2.26. The van der Waals surface area contributed by atoms with Gasteiger partial charge in [-0.2, -0.15) is 13.2 Å². The van der Waals surface area contributed by atoms with Crippen LogP contribution >= 0.6 is 0 Å². The third-order valence-electron chi connectivity index (χ3n) is 8.68. The first-order chi connectivity index (χ1) is 21.8. The van der Waals surface area contributed by atoms with Crippen molar-refractivity contribution in [3.63, 3.8) is 0 Å². The van der Waals surface area contributed by atoms with E-state index in [0.29, 0.717) is 17.6 Å². The lowest BCUT2D eigenvalue weighted by Crippen LogP contribution is -2.36. The Hall–Kier alpha value is -3.27. The number of morpholine rings is 1. The van der Waals surface area contributed by atoms with E-state index in [4.69, 9.17) is 9.47 Å². The van der Waals surface area contributed by atoms with Crippen molar-refractivity contribution < 1.29 is 32.1 Å². The fraction of sp³-hybridized carbons (Fsp3) is 0.486. The van der Waals surface area contributed by atoms with Crippen molar-refractivity contribution in [1.29, 1.82) is 0 Å². The van der Waals surface area contributed by atoms with Gasteiger partial charge in [0.25, 0.3) is 0 Å². The third-order valence-corrected chi connectivity index (χ3v) is 8.68. The molecule has 0 amide bonds. The predicted octanol–water partition coefficient (Wildman–Crippen LogP) is 8.36. The van der Waals surface area contributed by atoms with Gasteiger partial charge in [0, 0.05) is 36.7 Å². The number of alkyl halides is 3. The molecule has 0 radical (unpaired) electrons. The molecule has 250 valence electrons. The maximum Gasteiger partial charge on any atom is 0.401 e. The predicted molar refractivity (Wildman–Crippen MR) is 175 cm³/mol. The number of nitrogens with zero attached hydrogens (tertiary/aromatic N) is 2. The number of aliphatic hydroxyl groups is 1. The number of aliphatic hydroxyl groups excluding tert-OH is 1. The van der Waals surface area contributed by atoms with E-state index in [2.05, 4.69) is 41.6 Å². The zero-order valence-corrected chi connectivity index (χ0v) is 27.4. The number of ether oxygens (including phenoxy) is 2. The molecule has 2 aromatic carbocycles. The minimum absolute atomic E-state index is 0.0162. The molecule has 2 heterocycles. The molecule has 1 saturated heterocycles. The lowest BCUT2D eigenvalue weighted by molar-refractivity contribution is -0.184. The molecule has 1 saturated carbocycles. The largest absolute Gasteiger partial charge is 0.500 e. The molecule has 2 fully saturated rings. The summed E-state index contributed by atoms with van der Waals surface area (Å²) in [5, 5.41) is 10.6. The first kappa shape index (κ1) is 35.6. The van der Waals surface area contributed by atoms with Gasteiger partial charge < -0.3 is 14.6 Å². The van der Waals surface area contributed by atoms with Gasteiger partial charge in [-0.1, -0.05) is 24.3 Å². The molecular formula is C37H46F4N2O3. The van der Waals surface area contributed by atoms with Crippen LogP contribution in [0.3, 0.4) is 0 Å². The molecule has 3 aromatic rings. The van der Waals surface area contributed by atoms with E-state index < -0.39 is 17.7 Å². The number of pyridine rings is 1. The lowest BCUT2D eigenvalue weighted by atomic mass is 9.97. The van der Waals surface area contributed by atoms with Gasteiger partial charge in [0.05, 0.1) is 31.9 Å². The highest BCUT2D eigenvalue weighted by Gasteiger charge is 2.66. The summed E-state index contributed by atoms with van der Waals surface area (Å²) >= 11 is 0. The summed E-state index contributed by atoms with van der Waals surface area (Å²) in [6.45, 7) is 14.0. The Morgan fingerprint density at radius 1 is 1.11 bits per heavy atom. The summed E-state index contributed by atoms with van der Waals surface area (Å²) in [6, 6.07) is 11.7. The molecule has 5 rings (SSSR count). The average Bonchev–Trinajstić information content (AvgIpc) is 3.82. The van der Waals surface area contributed by atoms with Crippen molar-refractivity contribution in [3.05, 3.63) is 89.1 Å². The summed E-state index contributed by atoms with van der Waals surface area (Å²) in [5.41, 5.74) is 4.68. The number of methoxy groups -OCH3 is 1. The Labute approximate surface area is 269 Å². The molecular weight excluding hydrogens is 596 g/mol. The molecule has 1 N–H and O–H groups in total. The second-order valence-corrected chi connectivity index (χ2v) is 12.6. The third kappa shape index (κ3) is 9.17. The normalized spacial score (nSPS) is 17.3. The maximum absolute atomic E-state index is 14.5. The number of hydrogen-bond donors (Lipinski definition) is 1. The van der Waals surface area contributed by atoms with Crippen LogP contribution in [-0.2, 0) is 22.3 Å². The summed E-state index contributed by atoms with van der Waals surface area (Å²) in [4.78, 5) is 7.16. The van der Waals surface area contributed by atoms with E-state index in [1.807, 2.05) is 12.3 Å². The van der Waals surface area contributed by atoms with Crippen LogP contribution in [0.2, 0.25) is 0 Å². The van der Waals surface area contributed by atoms with Crippen molar-refractivity contribution >= 4 is 10.9 Å². The Morgan fingerprint density at radius 3 is 2.41 bits per heavy atom. The molecule has 2 aliphatic rings. The molecule has 46 heavy (non-hydrogen) atoms. The molecule has 5 nitrogen and oxygen atoms in total. The fourth-order valence-electron chi connectivity index (χ4n) is 5.86. The van der Waals surface area contributed by atoms with Gasteiger partial charge >= 0.3 is 6.18 Å². The Balaban J connectivity index is 0.000000288. The topological polar surface area (TPSA) is 54.8 Å². The van der Waals surface area contributed by atoms with E-state index in [1.165, 1.54) is 43.2 Å². The van der Waals surface area contributed by atoms with Gasteiger partial charge in [-0.3, -0.25) is 9.88 Å². The number of hydrogen-bond acceptors (Lipinski definition) is 5. The average molecular weight is 643 g/mol. The highest BCUT2D eigenvalue weighted by Crippen LogP contribution is 2.62. The van der Waals surface area contributed by atoms with Crippen LogP contribution in [0.1, 0.15) is 56.2 Å². The van der Waals surface area contributed by atoms with E-state index in [1.54, 1.807) is 19.9 Å². The number of unbranched alkanes of at least 4 members (excludes halogenated alkanes) is 1. The minimum atomic E-state index is -4.22. The van der Waals surface area contributed by atoms with E-state index in [-0.39, 0.29) is 24.4 Å². The summed E-state index contributed by atoms with van der Waals surface area (Å²) in [6.07, 6.45) is 2.37. The van der Waals surface area contributed by atoms with Crippen LogP contribution < -0.4 is 0 Å². The van der Waals surface area contributed by atoms with E-state index >= 15 is 0 Å². The van der Waals surface area contributed by atoms with E-state index in [0.717, 1.165) is 61.3 Å². The second kappa shape index (κ2) is 15.5. The van der Waals surface area contributed by atoms with Crippen molar-refractivity contribution in [2.24, 2.45) is 5.41 Å². The van der Waals surface area contributed by atoms with Gasteiger partial charge in [-0.05, 0) is 112 Å². The number of halogens is 4. The summed E-state index contributed by atoms with van der Waals surface area (Å²) < 4.78 is 62.6. The van der Waals surface area contributed by atoms with Crippen molar-refractivity contribution in [1.82, 2.24) is 9.88 Å². The summed E-state index contributed by atoms with van der Waals surface area (Å²) in [5.74, 6) is -0.301. The number of allylic oxidation sites excluding steroid dienone is 3. The first-order valence-electron chi connectivity index (χ1n) is 16.0. The van der Waals surface area contributed by atoms with Gasteiger partial charge in [0.15, 0.2) is 0 Å². The monoisotopic (exact) mass is 642 g/mol. The van der Waals surface area contributed by atoms with E-state index in [9.17, 15) is 22.7 Å². The van der Waals surface area contributed by atoms with Crippen LogP contribution in [0, 0.1) is 18.2 Å². The number of aromatic nitrogens is 1. The van der Waals surface area contributed by atoms with Crippen LogP contribution in [0.25, 0.3) is 22.0 Å². The number of benzene rings is 2. The standard InChI is InChI=1S/C27H33FN2O2.C10H13F3O/c1-19-13-24-15-25(22-6-7-23(14-20(2)31)26(28)16-22)18-29-27(24)17-21(19)5-3-4-8-30-9-11-32-12-10-30;1-7(2)6-8(14-3)9(4-5-9)10(11,12)13/h6-7,13,15-18,20,31H,3-5,8-12,14H2,1-2H3;6H,1,4-5H2,2-3H3/b;8-6-. The Morgan fingerprint density at radius 2 is 1.83 bits per heavy atom. The molecule has 1 aromatic heterocycles. The molecule has 9 heteroatoms. The van der Waals surface area contributed by atoms with Crippen LogP contribution in [0.15, 0.2) is 66.6 Å². The van der Waals surface area contributed by atoms with Crippen molar-refractivity contribution in [2.45, 2.75) is 71.6 Å². The van der Waals surface area contributed by atoms with Gasteiger partial charge in [0.1, 0.15) is 17.0 Å². The molecule has 0 spiro atoms. The minimum Gasteiger partial charge on any atom is -0.500 e. The van der Waals surface area contributed by atoms with Gasteiger partial charge in [0.2, 0.25) is 0 Å². The van der Waals surface area contributed by atoms with Crippen molar-refractivity contribution in [3.8, 4) is 11.1 Å². The quantitative estimate of drug-likeness (QED) is 0.0986. The van der Waals surface area contributed by atoms with Crippen LogP contribution in [-0.4, -0.2) is 67.2 Å². The molecule has 1 atom stereocenters. The Kier molecular flexibility index (Phi) is 12.0. The molecule has 1 aliphatic carbocycles. The van der Waals surface area contributed by atoms with Crippen LogP contribution in [0.4, 0.5) is 17.6 Å². The number of rotatable bonds is 11. The molecule has 1 aliphatic heterocycles. The zero-order chi connectivity index (χ0) is 33.5.